The number of halogens is 1. The fraction of sp³-hybridized carbons (Fsp3) is 0.733. The summed E-state index contributed by atoms with van der Waals surface area (Å²) in [5.41, 5.74) is -0.260. The van der Waals surface area contributed by atoms with Crippen molar-refractivity contribution in [1.82, 2.24) is 9.97 Å². The Morgan fingerprint density at radius 3 is 2.25 bits per heavy atom. The molecular formula is C15H26ClN3O. The van der Waals surface area contributed by atoms with Gasteiger partial charge in [0.1, 0.15) is 16.8 Å². The minimum atomic E-state index is -0.148. The number of anilines is 1. The van der Waals surface area contributed by atoms with Gasteiger partial charge >= 0.3 is 0 Å². The highest BCUT2D eigenvalue weighted by atomic mass is 35.5. The number of aliphatic hydroxyl groups excluding tert-OH is 1. The lowest BCUT2D eigenvalue weighted by Crippen LogP contribution is -2.32. The van der Waals surface area contributed by atoms with Crippen LogP contribution in [-0.2, 0) is 5.41 Å². The van der Waals surface area contributed by atoms with Crippen LogP contribution in [-0.4, -0.2) is 28.2 Å². The van der Waals surface area contributed by atoms with Crippen molar-refractivity contribution >= 4 is 17.4 Å². The predicted octanol–water partition coefficient (Wildman–Crippen LogP) is 3.64. The fourth-order valence-corrected chi connectivity index (χ4v) is 2.08. The molecule has 0 fully saturated rings. The molecule has 1 aromatic heterocycles. The Balaban J connectivity index is 2.91. The highest BCUT2D eigenvalue weighted by Gasteiger charge is 2.25. The zero-order valence-electron chi connectivity index (χ0n) is 13.1. The lowest BCUT2D eigenvalue weighted by Gasteiger charge is -2.30. The Hall–Kier alpha value is -0.870. The average molecular weight is 300 g/mol. The molecule has 0 amide bonds. The minimum Gasteiger partial charge on any atom is -0.396 e. The number of hydrogen-bond acceptors (Lipinski definition) is 4. The Morgan fingerprint density at radius 1 is 1.20 bits per heavy atom. The fourth-order valence-electron chi connectivity index (χ4n) is 1.90. The number of aliphatic hydroxyl groups is 1. The second kappa shape index (κ2) is 6.72. The third kappa shape index (κ3) is 4.32. The van der Waals surface area contributed by atoms with Gasteiger partial charge in [0, 0.05) is 23.4 Å². The first-order valence-corrected chi connectivity index (χ1v) is 7.54. The molecule has 114 valence electrons. The van der Waals surface area contributed by atoms with Gasteiger partial charge in [-0.2, -0.15) is 0 Å². The van der Waals surface area contributed by atoms with E-state index in [9.17, 15) is 5.11 Å². The van der Waals surface area contributed by atoms with Crippen LogP contribution in [0.25, 0.3) is 0 Å². The lowest BCUT2D eigenvalue weighted by atomic mass is 9.83. The zero-order chi connectivity index (χ0) is 15.4. The lowest BCUT2D eigenvalue weighted by molar-refractivity contribution is 0.127. The van der Waals surface area contributed by atoms with E-state index in [1.165, 1.54) is 0 Å². The van der Waals surface area contributed by atoms with E-state index < -0.39 is 0 Å². The Labute approximate surface area is 127 Å². The van der Waals surface area contributed by atoms with Crippen molar-refractivity contribution in [3.8, 4) is 0 Å². The third-order valence-electron chi connectivity index (χ3n) is 3.85. The molecule has 0 saturated carbocycles. The van der Waals surface area contributed by atoms with E-state index in [1.807, 2.05) is 0 Å². The van der Waals surface area contributed by atoms with Crippen LogP contribution in [0.2, 0.25) is 5.15 Å². The molecular weight excluding hydrogens is 274 g/mol. The van der Waals surface area contributed by atoms with E-state index in [4.69, 9.17) is 11.6 Å². The predicted molar refractivity (Wildman–Crippen MR) is 84.3 cm³/mol. The van der Waals surface area contributed by atoms with Gasteiger partial charge in [0.15, 0.2) is 0 Å². The quantitative estimate of drug-likeness (QED) is 0.787. The normalized spacial score (nSPS) is 12.6. The number of rotatable bonds is 6. The van der Waals surface area contributed by atoms with Crippen LogP contribution < -0.4 is 5.32 Å². The molecule has 0 aliphatic heterocycles. The Bertz CT molecular complexity index is 431. The van der Waals surface area contributed by atoms with Gasteiger partial charge in [-0.1, -0.05) is 46.2 Å². The van der Waals surface area contributed by atoms with Crippen molar-refractivity contribution < 1.29 is 5.11 Å². The molecule has 5 heteroatoms. The number of hydrogen-bond donors (Lipinski definition) is 2. The molecule has 0 spiro atoms. The summed E-state index contributed by atoms with van der Waals surface area (Å²) in [4.78, 5) is 8.80. The van der Waals surface area contributed by atoms with Crippen molar-refractivity contribution in [3.63, 3.8) is 0 Å². The van der Waals surface area contributed by atoms with Crippen LogP contribution in [0, 0.1) is 5.41 Å². The molecule has 0 radical (unpaired) electrons. The van der Waals surface area contributed by atoms with Crippen LogP contribution in [0.3, 0.4) is 0 Å². The second-order valence-corrected chi connectivity index (χ2v) is 6.76. The molecule has 4 nitrogen and oxygen atoms in total. The van der Waals surface area contributed by atoms with E-state index in [-0.39, 0.29) is 17.4 Å². The van der Waals surface area contributed by atoms with Gasteiger partial charge in [-0.05, 0) is 12.8 Å². The van der Waals surface area contributed by atoms with Gasteiger partial charge in [-0.25, -0.2) is 9.97 Å². The van der Waals surface area contributed by atoms with Gasteiger partial charge in [-0.15, -0.1) is 0 Å². The molecule has 1 rings (SSSR count). The number of nitrogens with zero attached hydrogens (tertiary/aromatic N) is 2. The summed E-state index contributed by atoms with van der Waals surface area (Å²) in [5, 5.41) is 13.3. The van der Waals surface area contributed by atoms with Crippen molar-refractivity contribution in [2.75, 3.05) is 18.5 Å². The largest absolute Gasteiger partial charge is 0.396 e. The summed E-state index contributed by atoms with van der Waals surface area (Å²) >= 11 is 6.07. The summed E-state index contributed by atoms with van der Waals surface area (Å²) in [5.74, 6) is 1.43. The first-order valence-electron chi connectivity index (χ1n) is 7.16. The van der Waals surface area contributed by atoms with E-state index >= 15 is 0 Å². The first-order chi connectivity index (χ1) is 9.26. The van der Waals surface area contributed by atoms with Crippen LogP contribution in [0.5, 0.6) is 0 Å². The van der Waals surface area contributed by atoms with Gasteiger partial charge in [0.2, 0.25) is 0 Å². The maximum Gasteiger partial charge on any atom is 0.137 e. The van der Waals surface area contributed by atoms with Crippen molar-refractivity contribution in [2.24, 2.45) is 5.41 Å². The molecule has 1 heterocycles. The molecule has 0 aliphatic carbocycles. The molecule has 0 saturated heterocycles. The first kappa shape index (κ1) is 17.2. The number of aromatic nitrogens is 2. The summed E-state index contributed by atoms with van der Waals surface area (Å²) in [6.45, 7) is 11.2. The number of nitrogens with one attached hydrogen (secondary N) is 1. The highest BCUT2D eigenvalue weighted by molar-refractivity contribution is 6.29. The van der Waals surface area contributed by atoms with E-state index in [1.54, 1.807) is 6.07 Å². The third-order valence-corrected chi connectivity index (χ3v) is 4.04. The smallest absolute Gasteiger partial charge is 0.137 e. The summed E-state index contributed by atoms with van der Waals surface area (Å²) in [7, 11) is 0. The summed E-state index contributed by atoms with van der Waals surface area (Å²) < 4.78 is 0. The topological polar surface area (TPSA) is 58.0 Å². The molecule has 2 N–H and O–H groups in total. The standard InChI is InChI=1S/C15H26ClN3O/c1-6-15(7-2,10-20)9-17-12-8-11(16)18-13(19-12)14(3,4)5/h8,20H,6-7,9-10H2,1-5H3,(H,17,18,19). The van der Waals surface area contributed by atoms with E-state index in [2.05, 4.69) is 49.9 Å². The van der Waals surface area contributed by atoms with Gasteiger partial charge in [0.25, 0.3) is 0 Å². The SMILES string of the molecule is CCC(CC)(CO)CNc1cc(Cl)nc(C(C)(C)C)n1. The molecule has 20 heavy (non-hydrogen) atoms. The molecule has 0 aromatic carbocycles. The second-order valence-electron chi connectivity index (χ2n) is 6.37. The van der Waals surface area contributed by atoms with Crippen LogP contribution in [0.4, 0.5) is 5.82 Å². The molecule has 0 aliphatic rings. The molecule has 0 unspecified atom stereocenters. The van der Waals surface area contributed by atoms with E-state index in [0.29, 0.717) is 11.7 Å². The summed E-state index contributed by atoms with van der Waals surface area (Å²) in [6, 6.07) is 1.73. The monoisotopic (exact) mass is 299 g/mol. The molecule has 0 bridgehead atoms. The Kier molecular flexibility index (Phi) is 5.78. The van der Waals surface area contributed by atoms with Crippen LogP contribution in [0.1, 0.15) is 53.3 Å². The van der Waals surface area contributed by atoms with Crippen molar-refractivity contribution in [3.05, 3.63) is 17.0 Å². The minimum absolute atomic E-state index is 0.112. The maximum atomic E-state index is 9.59. The summed E-state index contributed by atoms with van der Waals surface area (Å²) in [6.07, 6.45) is 1.83. The Morgan fingerprint density at radius 2 is 1.80 bits per heavy atom. The molecule has 1 aromatic rings. The van der Waals surface area contributed by atoms with E-state index in [0.717, 1.165) is 24.5 Å². The van der Waals surface area contributed by atoms with Gasteiger partial charge in [0.05, 0.1) is 6.61 Å². The van der Waals surface area contributed by atoms with Crippen molar-refractivity contribution in [2.45, 2.75) is 52.9 Å². The molecule has 0 atom stereocenters. The zero-order valence-corrected chi connectivity index (χ0v) is 13.9. The van der Waals surface area contributed by atoms with Crippen LogP contribution >= 0.6 is 11.6 Å². The van der Waals surface area contributed by atoms with Crippen LogP contribution in [0.15, 0.2) is 6.07 Å². The highest BCUT2D eigenvalue weighted by Crippen LogP contribution is 2.27. The van der Waals surface area contributed by atoms with Gasteiger partial charge < -0.3 is 10.4 Å². The maximum absolute atomic E-state index is 9.59. The van der Waals surface area contributed by atoms with Crippen molar-refractivity contribution in [1.29, 1.82) is 0 Å². The van der Waals surface area contributed by atoms with Gasteiger partial charge in [-0.3, -0.25) is 0 Å². The average Bonchev–Trinajstić information content (AvgIpc) is 2.39.